The predicted octanol–water partition coefficient (Wildman–Crippen LogP) is 4.53. The molecule has 0 fully saturated rings. The van der Waals surface area contributed by atoms with Gasteiger partial charge in [0.05, 0.1) is 10.7 Å². The number of aromatic nitrogens is 1. The van der Waals surface area contributed by atoms with Gasteiger partial charge in [0.1, 0.15) is 17.9 Å². The Hall–Kier alpha value is -2.79. The van der Waals surface area contributed by atoms with Crippen molar-refractivity contribution in [1.29, 1.82) is 0 Å². The molecular weight excluding hydrogens is 362 g/mol. The van der Waals surface area contributed by atoms with E-state index in [0.29, 0.717) is 23.8 Å². The number of halogens is 1. The van der Waals surface area contributed by atoms with E-state index in [1.165, 1.54) is 0 Å². The lowest BCUT2D eigenvalue weighted by molar-refractivity contribution is 0.0475. The maximum atomic E-state index is 6.23. The molecule has 0 unspecified atom stereocenters. The molecule has 0 saturated heterocycles. The van der Waals surface area contributed by atoms with Gasteiger partial charge in [-0.15, -0.1) is 0 Å². The molecule has 0 radical (unpaired) electrons. The molecule has 0 aliphatic carbocycles. The van der Waals surface area contributed by atoms with Crippen LogP contribution in [0, 0.1) is 0 Å². The Morgan fingerprint density at radius 2 is 1.96 bits per heavy atom. The Balaban J connectivity index is 1.41. The van der Waals surface area contributed by atoms with Crippen molar-refractivity contribution in [2.45, 2.75) is 12.5 Å². The van der Waals surface area contributed by atoms with Crippen LogP contribution in [-0.2, 0) is 4.84 Å². The third kappa shape index (κ3) is 3.69. The number of hydrogen-bond donors (Lipinski definition) is 0. The highest BCUT2D eigenvalue weighted by molar-refractivity contribution is 6.35. The summed E-state index contributed by atoms with van der Waals surface area (Å²) < 4.78 is 5.97. The van der Waals surface area contributed by atoms with Gasteiger partial charge in [0.15, 0.2) is 6.10 Å². The standard InChI is InChI=1S/C21H20ClN3O2/c1-25(2)15-7-5-14(6-8-15)19-12-16(27-24-19)13-26-20-10-9-18(22)17-4-3-11-23-21(17)20/h3-11,16H,12-13H2,1-2H3/t16-/m1/s1. The van der Waals surface area contributed by atoms with Gasteiger partial charge in [-0.1, -0.05) is 28.9 Å². The third-order valence-electron chi connectivity index (χ3n) is 4.55. The first-order valence-corrected chi connectivity index (χ1v) is 9.16. The zero-order chi connectivity index (χ0) is 18.8. The van der Waals surface area contributed by atoms with Gasteiger partial charge < -0.3 is 14.5 Å². The fourth-order valence-corrected chi connectivity index (χ4v) is 3.27. The smallest absolute Gasteiger partial charge is 0.167 e. The first kappa shape index (κ1) is 17.6. The highest BCUT2D eigenvalue weighted by atomic mass is 35.5. The molecule has 1 aliphatic heterocycles. The molecule has 1 aliphatic rings. The van der Waals surface area contributed by atoms with Gasteiger partial charge in [0.25, 0.3) is 0 Å². The fraction of sp³-hybridized carbons (Fsp3) is 0.238. The molecular formula is C21H20ClN3O2. The Morgan fingerprint density at radius 3 is 2.74 bits per heavy atom. The average molecular weight is 382 g/mol. The summed E-state index contributed by atoms with van der Waals surface area (Å²) in [4.78, 5) is 12.0. The van der Waals surface area contributed by atoms with E-state index in [1.807, 2.05) is 38.4 Å². The van der Waals surface area contributed by atoms with Crippen LogP contribution < -0.4 is 9.64 Å². The fourth-order valence-electron chi connectivity index (χ4n) is 3.05. The second-order valence-corrected chi connectivity index (χ2v) is 7.07. The van der Waals surface area contributed by atoms with Gasteiger partial charge in [0.2, 0.25) is 0 Å². The molecule has 138 valence electrons. The molecule has 4 rings (SSSR count). The first-order valence-electron chi connectivity index (χ1n) is 8.78. The van der Waals surface area contributed by atoms with Crippen molar-refractivity contribution in [2.24, 2.45) is 5.16 Å². The van der Waals surface area contributed by atoms with Crippen LogP contribution in [0.4, 0.5) is 5.69 Å². The van der Waals surface area contributed by atoms with Crippen LogP contribution in [0.2, 0.25) is 5.02 Å². The van der Waals surface area contributed by atoms with Crippen molar-refractivity contribution in [1.82, 2.24) is 4.98 Å². The monoisotopic (exact) mass is 381 g/mol. The highest BCUT2D eigenvalue weighted by Crippen LogP contribution is 2.30. The van der Waals surface area contributed by atoms with Gasteiger partial charge >= 0.3 is 0 Å². The van der Waals surface area contributed by atoms with Crippen molar-refractivity contribution >= 4 is 33.9 Å². The van der Waals surface area contributed by atoms with E-state index in [1.54, 1.807) is 6.20 Å². The average Bonchev–Trinajstić information content (AvgIpc) is 3.17. The van der Waals surface area contributed by atoms with Crippen LogP contribution >= 0.6 is 11.6 Å². The Kier molecular flexibility index (Phi) is 4.86. The van der Waals surface area contributed by atoms with Gasteiger partial charge in [-0.25, -0.2) is 0 Å². The molecule has 3 aromatic rings. The van der Waals surface area contributed by atoms with Crippen LogP contribution in [-0.4, -0.2) is 37.5 Å². The largest absolute Gasteiger partial charge is 0.487 e. The molecule has 0 amide bonds. The SMILES string of the molecule is CN(C)c1ccc(C2=NO[C@@H](COc3ccc(Cl)c4cccnc34)C2)cc1. The molecule has 1 atom stereocenters. The number of ether oxygens (including phenoxy) is 1. The molecule has 6 heteroatoms. The minimum absolute atomic E-state index is 0.122. The number of pyridine rings is 1. The van der Waals surface area contributed by atoms with Gasteiger partial charge in [0, 0.05) is 37.8 Å². The van der Waals surface area contributed by atoms with Gasteiger partial charge in [-0.05, 0) is 42.0 Å². The van der Waals surface area contributed by atoms with Crippen LogP contribution in [0.1, 0.15) is 12.0 Å². The highest BCUT2D eigenvalue weighted by Gasteiger charge is 2.23. The second-order valence-electron chi connectivity index (χ2n) is 6.67. The molecule has 0 bridgehead atoms. The lowest BCUT2D eigenvalue weighted by atomic mass is 10.0. The van der Waals surface area contributed by atoms with E-state index in [9.17, 15) is 0 Å². The molecule has 2 aromatic carbocycles. The minimum atomic E-state index is -0.122. The van der Waals surface area contributed by atoms with E-state index < -0.39 is 0 Å². The summed E-state index contributed by atoms with van der Waals surface area (Å²) >= 11 is 6.23. The van der Waals surface area contributed by atoms with Crippen molar-refractivity contribution in [2.75, 3.05) is 25.6 Å². The lowest BCUT2D eigenvalue weighted by Gasteiger charge is -2.13. The zero-order valence-electron chi connectivity index (χ0n) is 15.2. The number of benzene rings is 2. The normalized spacial score (nSPS) is 16.1. The molecule has 0 spiro atoms. The minimum Gasteiger partial charge on any atom is -0.487 e. The van der Waals surface area contributed by atoms with E-state index in [-0.39, 0.29) is 6.10 Å². The number of hydrogen-bond acceptors (Lipinski definition) is 5. The maximum Gasteiger partial charge on any atom is 0.167 e. The second kappa shape index (κ2) is 7.45. The van der Waals surface area contributed by atoms with E-state index >= 15 is 0 Å². The molecule has 5 nitrogen and oxygen atoms in total. The summed E-state index contributed by atoms with van der Waals surface area (Å²) in [6, 6.07) is 15.7. The summed E-state index contributed by atoms with van der Waals surface area (Å²) in [6.07, 6.45) is 2.32. The van der Waals surface area contributed by atoms with Crippen LogP contribution in [0.25, 0.3) is 10.9 Å². The van der Waals surface area contributed by atoms with Gasteiger partial charge in [-0.2, -0.15) is 0 Å². The molecule has 2 heterocycles. The lowest BCUT2D eigenvalue weighted by Crippen LogP contribution is -2.18. The zero-order valence-corrected chi connectivity index (χ0v) is 16.0. The maximum absolute atomic E-state index is 6.23. The van der Waals surface area contributed by atoms with Crippen LogP contribution in [0.15, 0.2) is 59.9 Å². The first-order chi connectivity index (χ1) is 13.1. The third-order valence-corrected chi connectivity index (χ3v) is 4.88. The Morgan fingerprint density at radius 1 is 1.15 bits per heavy atom. The van der Waals surface area contributed by atoms with Crippen molar-refractivity contribution in [3.8, 4) is 5.75 Å². The van der Waals surface area contributed by atoms with E-state index in [0.717, 1.165) is 27.9 Å². The molecule has 1 aromatic heterocycles. The van der Waals surface area contributed by atoms with E-state index in [2.05, 4.69) is 39.3 Å². The molecule has 0 saturated carbocycles. The molecule has 27 heavy (non-hydrogen) atoms. The van der Waals surface area contributed by atoms with Gasteiger partial charge in [-0.3, -0.25) is 4.98 Å². The number of rotatable bonds is 5. The number of oxime groups is 1. The Bertz CT molecular complexity index is 986. The summed E-state index contributed by atoms with van der Waals surface area (Å²) in [5, 5.41) is 5.78. The number of anilines is 1. The van der Waals surface area contributed by atoms with Crippen molar-refractivity contribution < 1.29 is 9.57 Å². The van der Waals surface area contributed by atoms with Crippen molar-refractivity contribution in [3.05, 3.63) is 65.3 Å². The summed E-state index contributed by atoms with van der Waals surface area (Å²) in [5.74, 6) is 0.697. The Labute approximate surface area is 163 Å². The van der Waals surface area contributed by atoms with Crippen LogP contribution in [0.5, 0.6) is 5.75 Å². The van der Waals surface area contributed by atoms with E-state index in [4.69, 9.17) is 21.2 Å². The number of nitrogens with zero attached hydrogens (tertiary/aromatic N) is 3. The topological polar surface area (TPSA) is 47.0 Å². The summed E-state index contributed by atoms with van der Waals surface area (Å²) in [5.41, 5.74) is 3.92. The van der Waals surface area contributed by atoms with Crippen molar-refractivity contribution in [3.63, 3.8) is 0 Å². The van der Waals surface area contributed by atoms with Crippen LogP contribution in [0.3, 0.4) is 0 Å². The number of fused-ring (bicyclic) bond motifs is 1. The molecule has 0 N–H and O–H groups in total. The summed E-state index contributed by atoms with van der Waals surface area (Å²) in [6.45, 7) is 0.399. The summed E-state index contributed by atoms with van der Waals surface area (Å²) in [7, 11) is 4.04. The predicted molar refractivity (Wildman–Crippen MR) is 109 cm³/mol. The quantitative estimate of drug-likeness (QED) is 0.651.